The highest BCUT2D eigenvalue weighted by Gasteiger charge is 2.13. The van der Waals surface area contributed by atoms with E-state index < -0.39 is 0 Å². The van der Waals surface area contributed by atoms with E-state index in [-0.39, 0.29) is 0 Å². The van der Waals surface area contributed by atoms with Gasteiger partial charge in [-0.15, -0.1) is 0 Å². The molecule has 1 aromatic rings. The lowest BCUT2D eigenvalue weighted by molar-refractivity contribution is 0.215. The van der Waals surface area contributed by atoms with Crippen LogP contribution in [0.2, 0.25) is 0 Å². The first-order valence-corrected chi connectivity index (χ1v) is 8.16. The molecule has 0 bridgehead atoms. The van der Waals surface area contributed by atoms with Crippen LogP contribution in [0.3, 0.4) is 0 Å². The van der Waals surface area contributed by atoms with Gasteiger partial charge in [0.2, 0.25) is 0 Å². The predicted molar refractivity (Wildman–Crippen MR) is 93.1 cm³/mol. The summed E-state index contributed by atoms with van der Waals surface area (Å²) < 4.78 is 5.91. The minimum absolute atomic E-state index is 0.684. The molecular weight excluding hydrogens is 274 g/mol. The van der Waals surface area contributed by atoms with Crippen molar-refractivity contribution >= 4 is 5.70 Å². The first kappa shape index (κ1) is 16.8. The molecule has 0 amide bonds. The van der Waals surface area contributed by atoms with E-state index in [1.807, 2.05) is 12.1 Å². The summed E-state index contributed by atoms with van der Waals surface area (Å²) in [6.07, 6.45) is 2.43. The van der Waals surface area contributed by atoms with Gasteiger partial charge in [-0.3, -0.25) is 0 Å². The number of rotatable bonds is 8. The summed E-state index contributed by atoms with van der Waals surface area (Å²) in [5, 5.41) is 6.73. The Hall–Kier alpha value is -1.52. The summed E-state index contributed by atoms with van der Waals surface area (Å²) in [6, 6.07) is 8.22. The van der Waals surface area contributed by atoms with E-state index in [1.165, 1.54) is 12.8 Å². The van der Waals surface area contributed by atoms with Gasteiger partial charge < -0.3 is 20.3 Å². The number of hydrogen-bond donors (Lipinski definition) is 2. The highest BCUT2D eigenvalue weighted by Crippen LogP contribution is 2.18. The van der Waals surface area contributed by atoms with Crippen molar-refractivity contribution in [1.82, 2.24) is 15.5 Å². The van der Waals surface area contributed by atoms with Crippen LogP contribution in [0.25, 0.3) is 5.70 Å². The third-order valence-electron chi connectivity index (χ3n) is 4.04. The van der Waals surface area contributed by atoms with E-state index in [0.29, 0.717) is 5.92 Å². The fraction of sp³-hybridized carbons (Fsp3) is 0.556. The fourth-order valence-corrected chi connectivity index (χ4v) is 2.55. The number of nitrogens with one attached hydrogen (secondary N) is 2. The minimum Gasteiger partial charge on any atom is -0.493 e. The van der Waals surface area contributed by atoms with Gasteiger partial charge in [0.1, 0.15) is 5.75 Å². The third-order valence-corrected chi connectivity index (χ3v) is 4.04. The van der Waals surface area contributed by atoms with Gasteiger partial charge in [0.05, 0.1) is 6.61 Å². The standard InChI is InChI=1S/C18H29N3O/c1-15(20-12-13-21(2)3)17-4-6-18(7-5-17)22-14-16-8-10-19-11-9-16/h4-7,16,19-20H,1,8-14H2,2-3H3. The Bertz CT molecular complexity index is 450. The number of likely N-dealkylation sites (N-methyl/N-ethyl adjacent to an activating group) is 1. The Morgan fingerprint density at radius 1 is 1.27 bits per heavy atom. The molecule has 4 nitrogen and oxygen atoms in total. The van der Waals surface area contributed by atoms with Crippen LogP contribution in [0.15, 0.2) is 30.8 Å². The highest BCUT2D eigenvalue weighted by atomic mass is 16.5. The normalized spacial score (nSPS) is 15.8. The first-order valence-electron chi connectivity index (χ1n) is 8.16. The SMILES string of the molecule is C=C(NCCN(C)C)c1ccc(OCC2CCNCC2)cc1. The molecule has 1 fully saturated rings. The monoisotopic (exact) mass is 303 g/mol. The maximum atomic E-state index is 5.91. The van der Waals surface area contributed by atoms with Crippen LogP contribution in [-0.2, 0) is 0 Å². The van der Waals surface area contributed by atoms with Gasteiger partial charge in [-0.05, 0) is 75.8 Å². The molecule has 1 aliphatic rings. The predicted octanol–water partition coefficient (Wildman–Crippen LogP) is 2.19. The lowest BCUT2D eigenvalue weighted by atomic mass is 9.99. The molecule has 1 saturated heterocycles. The van der Waals surface area contributed by atoms with Crippen molar-refractivity contribution in [2.45, 2.75) is 12.8 Å². The van der Waals surface area contributed by atoms with Gasteiger partial charge in [0.15, 0.2) is 0 Å². The van der Waals surface area contributed by atoms with Crippen molar-refractivity contribution in [1.29, 1.82) is 0 Å². The Morgan fingerprint density at radius 3 is 2.59 bits per heavy atom. The van der Waals surface area contributed by atoms with Gasteiger partial charge in [0.25, 0.3) is 0 Å². The van der Waals surface area contributed by atoms with Gasteiger partial charge in [-0.2, -0.15) is 0 Å². The summed E-state index contributed by atoms with van der Waals surface area (Å²) >= 11 is 0. The molecule has 1 aliphatic heterocycles. The highest BCUT2D eigenvalue weighted by molar-refractivity contribution is 5.62. The molecule has 0 atom stereocenters. The molecule has 2 rings (SSSR count). The summed E-state index contributed by atoms with van der Waals surface area (Å²) in [6.45, 7) is 9.05. The first-order chi connectivity index (χ1) is 10.6. The number of ether oxygens (including phenoxy) is 1. The number of nitrogens with zero attached hydrogens (tertiary/aromatic N) is 1. The second kappa shape index (κ2) is 8.81. The largest absolute Gasteiger partial charge is 0.493 e. The zero-order chi connectivity index (χ0) is 15.8. The second-order valence-corrected chi connectivity index (χ2v) is 6.24. The van der Waals surface area contributed by atoms with Crippen LogP contribution in [-0.4, -0.2) is 51.8 Å². The lowest BCUT2D eigenvalue weighted by Gasteiger charge is -2.22. The Balaban J connectivity index is 1.75. The molecule has 0 radical (unpaired) electrons. The number of piperidine rings is 1. The maximum Gasteiger partial charge on any atom is 0.119 e. The van der Waals surface area contributed by atoms with Crippen LogP contribution < -0.4 is 15.4 Å². The van der Waals surface area contributed by atoms with Crippen molar-refractivity contribution in [3.8, 4) is 5.75 Å². The Kier molecular flexibility index (Phi) is 6.74. The molecule has 0 spiro atoms. The van der Waals surface area contributed by atoms with Crippen LogP contribution in [0, 0.1) is 5.92 Å². The van der Waals surface area contributed by atoms with Crippen molar-refractivity contribution < 1.29 is 4.74 Å². The topological polar surface area (TPSA) is 36.5 Å². The molecular formula is C18H29N3O. The van der Waals surface area contributed by atoms with E-state index in [1.54, 1.807) is 0 Å². The fourth-order valence-electron chi connectivity index (χ4n) is 2.55. The third kappa shape index (κ3) is 5.70. The Morgan fingerprint density at radius 2 is 1.95 bits per heavy atom. The summed E-state index contributed by atoms with van der Waals surface area (Å²) in [7, 11) is 4.14. The molecule has 22 heavy (non-hydrogen) atoms. The molecule has 0 saturated carbocycles. The quantitative estimate of drug-likeness (QED) is 0.772. The Labute approximate surface area is 134 Å². The van der Waals surface area contributed by atoms with Crippen LogP contribution in [0.1, 0.15) is 18.4 Å². The number of hydrogen-bond acceptors (Lipinski definition) is 4. The van der Waals surface area contributed by atoms with Crippen LogP contribution >= 0.6 is 0 Å². The zero-order valence-electron chi connectivity index (χ0n) is 13.9. The number of benzene rings is 1. The van der Waals surface area contributed by atoms with Gasteiger partial charge in [-0.1, -0.05) is 6.58 Å². The van der Waals surface area contributed by atoms with E-state index >= 15 is 0 Å². The van der Waals surface area contributed by atoms with E-state index in [4.69, 9.17) is 4.74 Å². The smallest absolute Gasteiger partial charge is 0.119 e. The van der Waals surface area contributed by atoms with Crippen molar-refractivity contribution in [3.05, 3.63) is 36.4 Å². The van der Waals surface area contributed by atoms with Crippen LogP contribution in [0.5, 0.6) is 5.75 Å². The van der Waals surface area contributed by atoms with Gasteiger partial charge in [-0.25, -0.2) is 0 Å². The average molecular weight is 303 g/mol. The molecule has 122 valence electrons. The van der Waals surface area contributed by atoms with E-state index in [0.717, 1.165) is 49.8 Å². The van der Waals surface area contributed by atoms with Crippen molar-refractivity contribution in [3.63, 3.8) is 0 Å². The summed E-state index contributed by atoms with van der Waals surface area (Å²) in [4.78, 5) is 2.15. The van der Waals surface area contributed by atoms with Crippen molar-refractivity contribution in [2.75, 3.05) is 46.9 Å². The van der Waals surface area contributed by atoms with E-state index in [2.05, 4.69) is 48.3 Å². The maximum absolute atomic E-state index is 5.91. The van der Waals surface area contributed by atoms with Gasteiger partial charge in [0, 0.05) is 18.8 Å². The van der Waals surface area contributed by atoms with Crippen molar-refractivity contribution in [2.24, 2.45) is 5.92 Å². The molecule has 0 unspecified atom stereocenters. The second-order valence-electron chi connectivity index (χ2n) is 6.24. The molecule has 0 aliphatic carbocycles. The molecule has 2 N–H and O–H groups in total. The van der Waals surface area contributed by atoms with E-state index in [9.17, 15) is 0 Å². The van der Waals surface area contributed by atoms with Gasteiger partial charge >= 0.3 is 0 Å². The molecule has 4 heteroatoms. The minimum atomic E-state index is 0.684. The average Bonchev–Trinajstić information content (AvgIpc) is 2.54. The molecule has 1 heterocycles. The summed E-state index contributed by atoms with van der Waals surface area (Å²) in [5.74, 6) is 1.63. The molecule has 0 aromatic heterocycles. The lowest BCUT2D eigenvalue weighted by Crippen LogP contribution is -2.30. The zero-order valence-corrected chi connectivity index (χ0v) is 13.9. The van der Waals surface area contributed by atoms with Crippen LogP contribution in [0.4, 0.5) is 0 Å². The summed E-state index contributed by atoms with van der Waals surface area (Å²) in [5.41, 5.74) is 2.08. The molecule has 1 aromatic carbocycles.